The summed E-state index contributed by atoms with van der Waals surface area (Å²) in [6.45, 7) is 0.525. The number of ether oxygens (including phenoxy) is 1. The van der Waals surface area contributed by atoms with Gasteiger partial charge in [-0.1, -0.05) is 19.3 Å². The first-order valence-corrected chi connectivity index (χ1v) is 6.84. The van der Waals surface area contributed by atoms with Crippen LogP contribution < -0.4 is 5.73 Å². The first-order chi connectivity index (χ1) is 8.22. The zero-order valence-electron chi connectivity index (χ0n) is 11.1. The topological polar surface area (TPSA) is 55.6 Å². The van der Waals surface area contributed by atoms with Crippen molar-refractivity contribution in [1.82, 2.24) is 4.90 Å². The van der Waals surface area contributed by atoms with E-state index in [4.69, 9.17) is 10.5 Å². The van der Waals surface area contributed by atoms with Gasteiger partial charge < -0.3 is 15.4 Å². The molecule has 2 atom stereocenters. The Morgan fingerprint density at radius 1 is 1.22 bits per heavy atom. The van der Waals surface area contributed by atoms with Gasteiger partial charge in [0.1, 0.15) is 6.10 Å². The molecule has 106 valence electrons. The van der Waals surface area contributed by atoms with E-state index >= 15 is 0 Å². The van der Waals surface area contributed by atoms with Gasteiger partial charge in [-0.05, 0) is 25.7 Å². The van der Waals surface area contributed by atoms with Gasteiger partial charge in [-0.2, -0.15) is 0 Å². The Morgan fingerprint density at radius 2 is 1.89 bits per heavy atom. The van der Waals surface area contributed by atoms with E-state index in [2.05, 4.69) is 0 Å². The zero-order valence-corrected chi connectivity index (χ0v) is 12.0. The molecule has 2 fully saturated rings. The normalized spacial score (nSPS) is 28.8. The highest BCUT2D eigenvalue weighted by Crippen LogP contribution is 2.25. The minimum atomic E-state index is -0.240. The summed E-state index contributed by atoms with van der Waals surface area (Å²) in [6, 6.07) is 0.428. The van der Waals surface area contributed by atoms with Gasteiger partial charge in [-0.15, -0.1) is 12.4 Å². The molecular formula is C13H25ClN2O2. The number of carbonyl (C=O) groups excluding carboxylic acids is 1. The molecule has 1 saturated carbocycles. The van der Waals surface area contributed by atoms with Crippen LogP contribution >= 0.6 is 12.4 Å². The fraction of sp³-hybridized carbons (Fsp3) is 0.923. The summed E-state index contributed by atoms with van der Waals surface area (Å²) in [5, 5.41) is 0. The summed E-state index contributed by atoms with van der Waals surface area (Å²) < 4.78 is 5.67. The van der Waals surface area contributed by atoms with Crippen LogP contribution in [-0.4, -0.2) is 42.6 Å². The number of hydrogen-bond acceptors (Lipinski definition) is 3. The number of carbonyl (C=O) groups is 1. The quantitative estimate of drug-likeness (QED) is 0.854. The molecule has 2 rings (SSSR count). The summed E-state index contributed by atoms with van der Waals surface area (Å²) in [5.74, 6) is 0.160. The maximum atomic E-state index is 12.3. The summed E-state index contributed by atoms with van der Waals surface area (Å²) >= 11 is 0. The van der Waals surface area contributed by atoms with Crippen LogP contribution in [0.4, 0.5) is 0 Å². The number of amides is 1. The number of nitrogens with zero attached hydrogens (tertiary/aromatic N) is 1. The Balaban J connectivity index is 0.00000162. The van der Waals surface area contributed by atoms with Crippen molar-refractivity contribution in [3.8, 4) is 0 Å². The van der Waals surface area contributed by atoms with Crippen molar-refractivity contribution < 1.29 is 9.53 Å². The number of hydrogen-bond donors (Lipinski definition) is 1. The highest BCUT2D eigenvalue weighted by atomic mass is 35.5. The van der Waals surface area contributed by atoms with Crippen LogP contribution in [0.5, 0.6) is 0 Å². The lowest BCUT2D eigenvalue weighted by Crippen LogP contribution is -2.44. The Kier molecular flexibility index (Phi) is 6.39. The lowest BCUT2D eigenvalue weighted by Gasteiger charge is -2.32. The standard InChI is InChI=1S/C13H24N2O2.ClH/c1-15(10-5-3-2-4-6-10)13(16)12-8-7-11(9-14)17-12;/h10-12H,2-9,14H2,1H3;1H/t11-,12+;/m1./s1. The molecule has 0 spiro atoms. The molecule has 0 aromatic carbocycles. The van der Waals surface area contributed by atoms with Crippen LogP contribution in [0.25, 0.3) is 0 Å². The third-order valence-electron chi connectivity index (χ3n) is 4.12. The van der Waals surface area contributed by atoms with Crippen LogP contribution in [0.15, 0.2) is 0 Å². The average Bonchev–Trinajstić information content (AvgIpc) is 2.87. The molecule has 5 heteroatoms. The third-order valence-corrected chi connectivity index (χ3v) is 4.12. The number of nitrogens with two attached hydrogens (primary N) is 1. The van der Waals surface area contributed by atoms with Crippen molar-refractivity contribution in [3.63, 3.8) is 0 Å². The fourth-order valence-corrected chi connectivity index (χ4v) is 2.94. The Labute approximate surface area is 116 Å². The highest BCUT2D eigenvalue weighted by Gasteiger charge is 2.34. The molecule has 4 nitrogen and oxygen atoms in total. The molecule has 1 amide bonds. The number of rotatable bonds is 3. The summed E-state index contributed by atoms with van der Waals surface area (Å²) in [6.07, 6.45) is 7.71. The van der Waals surface area contributed by atoms with E-state index in [-0.39, 0.29) is 30.5 Å². The second-order valence-corrected chi connectivity index (χ2v) is 5.30. The lowest BCUT2D eigenvalue weighted by molar-refractivity contribution is -0.144. The summed E-state index contributed by atoms with van der Waals surface area (Å²) in [7, 11) is 1.93. The van der Waals surface area contributed by atoms with Gasteiger partial charge in [0, 0.05) is 19.6 Å². The van der Waals surface area contributed by atoms with Gasteiger partial charge >= 0.3 is 0 Å². The van der Waals surface area contributed by atoms with Crippen molar-refractivity contribution in [2.24, 2.45) is 5.73 Å². The van der Waals surface area contributed by atoms with Crippen molar-refractivity contribution in [2.75, 3.05) is 13.6 Å². The smallest absolute Gasteiger partial charge is 0.251 e. The van der Waals surface area contributed by atoms with Crippen LogP contribution in [0.2, 0.25) is 0 Å². The van der Waals surface area contributed by atoms with Crippen LogP contribution in [0.1, 0.15) is 44.9 Å². The zero-order chi connectivity index (χ0) is 12.3. The predicted molar refractivity (Wildman–Crippen MR) is 73.8 cm³/mol. The summed E-state index contributed by atoms with van der Waals surface area (Å²) in [5.41, 5.74) is 5.57. The van der Waals surface area contributed by atoms with Gasteiger partial charge in [0.15, 0.2) is 0 Å². The van der Waals surface area contributed by atoms with Crippen LogP contribution in [0.3, 0.4) is 0 Å². The van der Waals surface area contributed by atoms with Gasteiger partial charge in [0.25, 0.3) is 5.91 Å². The van der Waals surface area contributed by atoms with Crippen molar-refractivity contribution in [3.05, 3.63) is 0 Å². The predicted octanol–water partition coefficient (Wildman–Crippen LogP) is 1.71. The third kappa shape index (κ3) is 3.59. The van der Waals surface area contributed by atoms with E-state index in [0.29, 0.717) is 12.6 Å². The Morgan fingerprint density at radius 3 is 2.44 bits per heavy atom. The van der Waals surface area contributed by atoms with E-state index in [0.717, 1.165) is 25.7 Å². The van der Waals surface area contributed by atoms with E-state index in [1.54, 1.807) is 0 Å². The van der Waals surface area contributed by atoms with Crippen molar-refractivity contribution in [2.45, 2.75) is 63.2 Å². The SMILES string of the molecule is CN(C(=O)[C@@H]1CC[C@H](CN)O1)C1CCCCC1.Cl. The molecule has 1 heterocycles. The summed E-state index contributed by atoms with van der Waals surface area (Å²) in [4.78, 5) is 14.2. The molecule has 0 unspecified atom stereocenters. The van der Waals surface area contributed by atoms with E-state index < -0.39 is 0 Å². The first kappa shape index (κ1) is 15.7. The maximum absolute atomic E-state index is 12.3. The molecule has 1 aliphatic carbocycles. The molecule has 0 radical (unpaired) electrons. The molecule has 2 N–H and O–H groups in total. The minimum Gasteiger partial charge on any atom is -0.364 e. The molecule has 1 aliphatic heterocycles. The maximum Gasteiger partial charge on any atom is 0.251 e. The van der Waals surface area contributed by atoms with E-state index in [1.807, 2.05) is 11.9 Å². The molecule has 0 aromatic rings. The highest BCUT2D eigenvalue weighted by molar-refractivity contribution is 5.85. The fourth-order valence-electron chi connectivity index (χ4n) is 2.94. The van der Waals surface area contributed by atoms with Crippen molar-refractivity contribution >= 4 is 18.3 Å². The van der Waals surface area contributed by atoms with E-state index in [1.165, 1.54) is 19.3 Å². The second-order valence-electron chi connectivity index (χ2n) is 5.30. The molecule has 1 saturated heterocycles. The number of halogens is 1. The molecule has 0 bridgehead atoms. The average molecular weight is 277 g/mol. The molecule has 2 aliphatic rings. The molecule has 18 heavy (non-hydrogen) atoms. The molecule has 0 aromatic heterocycles. The van der Waals surface area contributed by atoms with Crippen LogP contribution in [-0.2, 0) is 9.53 Å². The van der Waals surface area contributed by atoms with Crippen LogP contribution in [0, 0.1) is 0 Å². The largest absolute Gasteiger partial charge is 0.364 e. The van der Waals surface area contributed by atoms with Gasteiger partial charge in [0.2, 0.25) is 0 Å². The Hall–Kier alpha value is -0.320. The number of likely N-dealkylation sites (N-methyl/N-ethyl adjacent to an activating group) is 1. The Bertz CT molecular complexity index is 270. The minimum absolute atomic E-state index is 0. The van der Waals surface area contributed by atoms with E-state index in [9.17, 15) is 4.79 Å². The monoisotopic (exact) mass is 276 g/mol. The van der Waals surface area contributed by atoms with Gasteiger partial charge in [0.05, 0.1) is 6.10 Å². The second kappa shape index (κ2) is 7.31. The van der Waals surface area contributed by atoms with Gasteiger partial charge in [-0.3, -0.25) is 4.79 Å². The lowest BCUT2D eigenvalue weighted by atomic mass is 9.94. The van der Waals surface area contributed by atoms with Crippen molar-refractivity contribution in [1.29, 1.82) is 0 Å². The van der Waals surface area contributed by atoms with Gasteiger partial charge in [-0.25, -0.2) is 0 Å². The molecular weight excluding hydrogens is 252 g/mol. The first-order valence-electron chi connectivity index (χ1n) is 6.84.